The molecule has 0 radical (unpaired) electrons. The van der Waals surface area contributed by atoms with Crippen molar-refractivity contribution in [3.05, 3.63) is 45.6 Å². The highest BCUT2D eigenvalue weighted by molar-refractivity contribution is 8.00. The molecule has 3 nitrogen and oxygen atoms in total. The first-order chi connectivity index (χ1) is 7.78. The molecule has 0 fully saturated rings. The van der Waals surface area contributed by atoms with Crippen LogP contribution in [0.25, 0.3) is 6.08 Å². The molecule has 0 aliphatic carbocycles. The fraction of sp³-hybridized carbons (Fsp3) is 0.385. The molecule has 0 bridgehead atoms. The van der Waals surface area contributed by atoms with Crippen LogP contribution in [-0.2, 0) is 0 Å². The lowest BCUT2D eigenvalue weighted by molar-refractivity contribution is -0.422. The normalized spacial score (nSPS) is 12.6. The van der Waals surface area contributed by atoms with E-state index in [1.807, 2.05) is 24.3 Å². The van der Waals surface area contributed by atoms with Crippen LogP contribution < -0.4 is 0 Å². The summed E-state index contributed by atoms with van der Waals surface area (Å²) in [6.45, 7) is 7.96. The molecule has 0 unspecified atom stereocenters. The van der Waals surface area contributed by atoms with Gasteiger partial charge in [0, 0.05) is 22.6 Å². The summed E-state index contributed by atoms with van der Waals surface area (Å²) in [4.78, 5) is 11.3. The molecule has 0 aromatic heterocycles. The van der Waals surface area contributed by atoms with Gasteiger partial charge in [0.1, 0.15) is 0 Å². The topological polar surface area (TPSA) is 43.1 Å². The lowest BCUT2D eigenvalue weighted by Crippen LogP contribution is -2.06. The Kier molecular flexibility index (Phi) is 4.34. The van der Waals surface area contributed by atoms with E-state index in [-0.39, 0.29) is 15.4 Å². The van der Waals surface area contributed by atoms with Crippen LogP contribution in [0.15, 0.2) is 34.9 Å². The van der Waals surface area contributed by atoms with Crippen molar-refractivity contribution in [2.24, 2.45) is 0 Å². The third-order valence-corrected chi connectivity index (χ3v) is 3.09. The SMILES string of the molecule is C/C(=C\c1ccc(SC(C)(C)C)cc1)[N+](=O)[O-]. The van der Waals surface area contributed by atoms with Crippen molar-refractivity contribution >= 4 is 17.8 Å². The van der Waals surface area contributed by atoms with Crippen LogP contribution in [0, 0.1) is 10.1 Å². The fourth-order valence-corrected chi connectivity index (χ4v) is 2.26. The Labute approximate surface area is 106 Å². The molecule has 92 valence electrons. The average Bonchev–Trinajstić information content (AvgIpc) is 2.18. The monoisotopic (exact) mass is 251 g/mol. The van der Waals surface area contributed by atoms with Crippen molar-refractivity contribution in [2.75, 3.05) is 0 Å². The van der Waals surface area contributed by atoms with E-state index in [4.69, 9.17) is 0 Å². The van der Waals surface area contributed by atoms with Gasteiger partial charge in [-0.05, 0) is 17.7 Å². The summed E-state index contributed by atoms with van der Waals surface area (Å²) >= 11 is 1.78. The maximum absolute atomic E-state index is 10.5. The second-order valence-corrected chi connectivity index (χ2v) is 6.73. The van der Waals surface area contributed by atoms with Gasteiger partial charge in [-0.2, -0.15) is 0 Å². The highest BCUT2D eigenvalue weighted by Gasteiger charge is 2.11. The molecule has 0 saturated carbocycles. The molecule has 4 heteroatoms. The lowest BCUT2D eigenvalue weighted by Gasteiger charge is -2.17. The number of rotatable bonds is 3. The molecule has 0 aliphatic heterocycles. The first-order valence-corrected chi connectivity index (χ1v) is 6.21. The van der Waals surface area contributed by atoms with Crippen LogP contribution in [0.4, 0.5) is 0 Å². The van der Waals surface area contributed by atoms with Crippen molar-refractivity contribution in [1.29, 1.82) is 0 Å². The molecule has 1 aromatic carbocycles. The van der Waals surface area contributed by atoms with Gasteiger partial charge in [0.15, 0.2) is 0 Å². The minimum Gasteiger partial charge on any atom is -0.259 e. The van der Waals surface area contributed by atoms with Crippen molar-refractivity contribution < 1.29 is 4.92 Å². The minimum atomic E-state index is -0.377. The van der Waals surface area contributed by atoms with Crippen molar-refractivity contribution in [3.8, 4) is 0 Å². The standard InChI is InChI=1S/C13H17NO2S/c1-10(14(15)16)9-11-5-7-12(8-6-11)17-13(2,3)4/h5-9H,1-4H3/b10-9+. The zero-order valence-electron chi connectivity index (χ0n) is 10.6. The third-order valence-electron chi connectivity index (χ3n) is 1.97. The molecule has 0 amide bonds. The van der Waals surface area contributed by atoms with E-state index >= 15 is 0 Å². The highest BCUT2D eigenvalue weighted by atomic mass is 32.2. The molecule has 0 heterocycles. The van der Waals surface area contributed by atoms with E-state index < -0.39 is 0 Å². The maximum atomic E-state index is 10.5. The van der Waals surface area contributed by atoms with Crippen LogP contribution in [0.3, 0.4) is 0 Å². The number of hydrogen-bond acceptors (Lipinski definition) is 3. The van der Waals surface area contributed by atoms with Gasteiger partial charge in [0.25, 0.3) is 0 Å². The van der Waals surface area contributed by atoms with E-state index in [0.29, 0.717) is 0 Å². The van der Waals surface area contributed by atoms with E-state index in [1.54, 1.807) is 17.8 Å². The predicted octanol–water partition coefficient (Wildman–Crippen LogP) is 4.21. The molecule has 17 heavy (non-hydrogen) atoms. The molecule has 0 spiro atoms. The Balaban J connectivity index is 2.82. The van der Waals surface area contributed by atoms with Crippen molar-refractivity contribution in [3.63, 3.8) is 0 Å². The minimum absolute atomic E-state index is 0.154. The fourth-order valence-electron chi connectivity index (χ4n) is 1.28. The first kappa shape index (κ1) is 13.8. The number of nitrogens with zero attached hydrogens (tertiary/aromatic N) is 1. The molecule has 0 atom stereocenters. The van der Waals surface area contributed by atoms with Gasteiger partial charge < -0.3 is 0 Å². The zero-order chi connectivity index (χ0) is 13.1. The maximum Gasteiger partial charge on any atom is 0.243 e. The highest BCUT2D eigenvalue weighted by Crippen LogP contribution is 2.31. The second kappa shape index (κ2) is 5.36. The van der Waals surface area contributed by atoms with Crippen LogP contribution in [-0.4, -0.2) is 9.67 Å². The Morgan fingerprint density at radius 2 is 1.82 bits per heavy atom. The number of thioether (sulfide) groups is 1. The van der Waals surface area contributed by atoms with Crippen LogP contribution in [0.1, 0.15) is 33.3 Å². The molecule has 1 aromatic rings. The number of allylic oxidation sites excluding steroid dienone is 1. The number of benzene rings is 1. The summed E-state index contributed by atoms with van der Waals surface area (Å²) in [6, 6.07) is 7.80. The lowest BCUT2D eigenvalue weighted by atomic mass is 10.2. The zero-order valence-corrected chi connectivity index (χ0v) is 11.4. The molecule has 0 saturated heterocycles. The summed E-state index contributed by atoms with van der Waals surface area (Å²) in [5.41, 5.74) is 1.01. The van der Waals surface area contributed by atoms with E-state index in [1.165, 1.54) is 11.8 Å². The van der Waals surface area contributed by atoms with E-state index in [0.717, 1.165) is 5.56 Å². The Morgan fingerprint density at radius 3 is 2.24 bits per heavy atom. The number of hydrogen-bond donors (Lipinski definition) is 0. The summed E-state index contributed by atoms with van der Waals surface area (Å²) in [5.74, 6) is 0. The Hall–Kier alpha value is -1.29. The second-order valence-electron chi connectivity index (χ2n) is 4.83. The molecule has 0 N–H and O–H groups in total. The molecule has 0 aliphatic rings. The van der Waals surface area contributed by atoms with Gasteiger partial charge in [-0.1, -0.05) is 32.9 Å². The van der Waals surface area contributed by atoms with Crippen LogP contribution >= 0.6 is 11.8 Å². The molecular formula is C13H17NO2S. The summed E-state index contributed by atoms with van der Waals surface area (Å²) in [6.07, 6.45) is 1.57. The van der Waals surface area contributed by atoms with Crippen LogP contribution in [0.5, 0.6) is 0 Å². The van der Waals surface area contributed by atoms with Crippen molar-refractivity contribution in [2.45, 2.75) is 37.3 Å². The van der Waals surface area contributed by atoms with E-state index in [2.05, 4.69) is 20.8 Å². The van der Waals surface area contributed by atoms with Gasteiger partial charge in [-0.15, -0.1) is 11.8 Å². The molecule has 1 rings (SSSR count). The van der Waals surface area contributed by atoms with Crippen LogP contribution in [0.2, 0.25) is 0 Å². The van der Waals surface area contributed by atoms with Gasteiger partial charge in [-0.3, -0.25) is 10.1 Å². The smallest absolute Gasteiger partial charge is 0.243 e. The van der Waals surface area contributed by atoms with Gasteiger partial charge in [0.05, 0.1) is 4.92 Å². The van der Waals surface area contributed by atoms with Gasteiger partial charge in [0.2, 0.25) is 5.70 Å². The Morgan fingerprint density at radius 1 is 1.29 bits per heavy atom. The molecular weight excluding hydrogens is 234 g/mol. The van der Waals surface area contributed by atoms with Crippen molar-refractivity contribution in [1.82, 2.24) is 0 Å². The number of nitro groups is 1. The van der Waals surface area contributed by atoms with Gasteiger partial charge >= 0.3 is 0 Å². The summed E-state index contributed by atoms with van der Waals surface area (Å²) < 4.78 is 0.175. The quantitative estimate of drug-likeness (QED) is 0.459. The largest absolute Gasteiger partial charge is 0.259 e. The first-order valence-electron chi connectivity index (χ1n) is 5.40. The van der Waals surface area contributed by atoms with E-state index in [9.17, 15) is 10.1 Å². The average molecular weight is 251 g/mol. The van der Waals surface area contributed by atoms with Gasteiger partial charge in [-0.25, -0.2) is 0 Å². The third kappa shape index (κ3) is 5.04. The Bertz CT molecular complexity index is 430. The summed E-state index contributed by atoms with van der Waals surface area (Å²) in [5, 5.41) is 10.5. The summed E-state index contributed by atoms with van der Waals surface area (Å²) in [7, 11) is 0. The predicted molar refractivity (Wildman–Crippen MR) is 72.7 cm³/mol.